The van der Waals surface area contributed by atoms with E-state index in [2.05, 4.69) is 35.4 Å². The predicted molar refractivity (Wildman–Crippen MR) is 104 cm³/mol. The molecule has 1 N–H and O–H groups in total. The van der Waals surface area contributed by atoms with Gasteiger partial charge in [-0.05, 0) is 44.7 Å². The molecule has 0 radical (unpaired) electrons. The number of fused-ring (bicyclic) bond motifs is 1. The fourth-order valence-corrected chi connectivity index (χ4v) is 3.49. The van der Waals surface area contributed by atoms with Crippen molar-refractivity contribution in [2.45, 2.75) is 46.1 Å². The summed E-state index contributed by atoms with van der Waals surface area (Å²) >= 11 is 0. The number of aryl methyl sites for hydroxylation is 3. The van der Waals surface area contributed by atoms with Gasteiger partial charge in [0, 0.05) is 37.4 Å². The van der Waals surface area contributed by atoms with Gasteiger partial charge in [-0.3, -0.25) is 14.2 Å². The van der Waals surface area contributed by atoms with Crippen LogP contribution in [0.4, 0.5) is 0 Å². The molecule has 0 aromatic carbocycles. The van der Waals surface area contributed by atoms with Crippen molar-refractivity contribution >= 4 is 16.9 Å². The second-order valence-corrected chi connectivity index (χ2v) is 7.80. The molecule has 1 atom stereocenters. The van der Waals surface area contributed by atoms with E-state index in [4.69, 9.17) is 4.98 Å². The molecule has 3 heterocycles. The standard InChI is InChI=1S/C20H26N6O/c1-12(11-26-14(3)7-13(2)24-26)9-21-20(27)16-8-18(15-5-6-15)23-19-17(16)10-22-25(19)4/h7-8,10,12,15H,5-6,9,11H2,1-4H3,(H,21,27)/t12-/m1/s1. The Morgan fingerprint density at radius 3 is 2.78 bits per heavy atom. The Morgan fingerprint density at radius 1 is 1.33 bits per heavy atom. The normalized spacial score (nSPS) is 15.3. The third-order valence-electron chi connectivity index (χ3n) is 5.16. The first-order valence-corrected chi connectivity index (χ1v) is 9.54. The molecular formula is C20H26N6O. The molecule has 7 nitrogen and oxygen atoms in total. The van der Waals surface area contributed by atoms with Gasteiger partial charge in [0.1, 0.15) is 0 Å². The van der Waals surface area contributed by atoms with Gasteiger partial charge in [0.15, 0.2) is 5.65 Å². The minimum atomic E-state index is -0.0579. The van der Waals surface area contributed by atoms with E-state index in [9.17, 15) is 4.79 Å². The van der Waals surface area contributed by atoms with Gasteiger partial charge >= 0.3 is 0 Å². The highest BCUT2D eigenvalue weighted by Gasteiger charge is 2.27. The second-order valence-electron chi connectivity index (χ2n) is 7.80. The molecule has 0 bridgehead atoms. The molecule has 3 aromatic heterocycles. The molecule has 0 aliphatic heterocycles. The van der Waals surface area contributed by atoms with Gasteiger partial charge in [-0.1, -0.05) is 6.92 Å². The summed E-state index contributed by atoms with van der Waals surface area (Å²) in [6.07, 6.45) is 4.03. The third kappa shape index (κ3) is 3.59. The highest BCUT2D eigenvalue weighted by molar-refractivity contribution is 6.05. The van der Waals surface area contributed by atoms with Crippen LogP contribution in [-0.2, 0) is 13.6 Å². The molecule has 0 spiro atoms. The summed E-state index contributed by atoms with van der Waals surface area (Å²) in [4.78, 5) is 17.6. The predicted octanol–water partition coefficient (Wildman–Crippen LogP) is 2.73. The lowest BCUT2D eigenvalue weighted by molar-refractivity contribution is 0.0948. The van der Waals surface area contributed by atoms with E-state index in [0.717, 1.165) is 47.5 Å². The summed E-state index contributed by atoms with van der Waals surface area (Å²) in [5, 5.41) is 12.7. The van der Waals surface area contributed by atoms with Crippen molar-refractivity contribution in [3.63, 3.8) is 0 Å². The van der Waals surface area contributed by atoms with E-state index in [0.29, 0.717) is 18.0 Å². The number of rotatable bonds is 6. The van der Waals surface area contributed by atoms with E-state index in [1.807, 2.05) is 24.7 Å². The minimum absolute atomic E-state index is 0.0579. The molecule has 1 saturated carbocycles. The van der Waals surface area contributed by atoms with E-state index in [1.165, 1.54) is 0 Å². The summed E-state index contributed by atoms with van der Waals surface area (Å²) in [6.45, 7) is 7.56. The summed E-state index contributed by atoms with van der Waals surface area (Å²) in [6, 6.07) is 4.02. The highest BCUT2D eigenvalue weighted by atomic mass is 16.1. The monoisotopic (exact) mass is 366 g/mol. The Balaban J connectivity index is 1.48. The summed E-state index contributed by atoms with van der Waals surface area (Å²) in [5.74, 6) is 0.708. The van der Waals surface area contributed by atoms with Gasteiger partial charge < -0.3 is 5.32 Å². The first-order chi connectivity index (χ1) is 12.9. The van der Waals surface area contributed by atoms with Gasteiger partial charge in [-0.25, -0.2) is 4.98 Å². The summed E-state index contributed by atoms with van der Waals surface area (Å²) in [7, 11) is 1.87. The first kappa shape index (κ1) is 17.7. The number of carbonyl (C=O) groups is 1. The largest absolute Gasteiger partial charge is 0.352 e. The lowest BCUT2D eigenvalue weighted by Crippen LogP contribution is -2.30. The van der Waals surface area contributed by atoms with Crippen molar-refractivity contribution in [1.29, 1.82) is 0 Å². The van der Waals surface area contributed by atoms with Crippen molar-refractivity contribution in [2.75, 3.05) is 6.54 Å². The van der Waals surface area contributed by atoms with Crippen LogP contribution in [-0.4, -0.2) is 37.0 Å². The molecule has 1 aliphatic rings. The average Bonchev–Trinajstić information content (AvgIpc) is 3.35. The summed E-state index contributed by atoms with van der Waals surface area (Å²) < 4.78 is 3.74. The zero-order chi connectivity index (χ0) is 19.1. The molecule has 0 saturated heterocycles. The number of nitrogens with one attached hydrogen (secondary N) is 1. The van der Waals surface area contributed by atoms with E-state index >= 15 is 0 Å². The minimum Gasteiger partial charge on any atom is -0.352 e. The van der Waals surface area contributed by atoms with Crippen molar-refractivity contribution in [3.05, 3.63) is 41.0 Å². The van der Waals surface area contributed by atoms with Crippen LogP contribution >= 0.6 is 0 Å². The average molecular weight is 366 g/mol. The number of nitrogens with zero attached hydrogens (tertiary/aromatic N) is 5. The highest BCUT2D eigenvalue weighted by Crippen LogP contribution is 2.40. The van der Waals surface area contributed by atoms with Gasteiger partial charge in [0.05, 0.1) is 22.8 Å². The Bertz CT molecular complexity index is 997. The van der Waals surface area contributed by atoms with E-state index < -0.39 is 0 Å². The fourth-order valence-electron chi connectivity index (χ4n) is 3.49. The number of aromatic nitrogens is 5. The number of hydrogen-bond acceptors (Lipinski definition) is 4. The topological polar surface area (TPSA) is 77.6 Å². The molecule has 142 valence electrons. The Labute approximate surface area is 158 Å². The maximum Gasteiger partial charge on any atom is 0.252 e. The third-order valence-corrected chi connectivity index (χ3v) is 5.16. The summed E-state index contributed by atoms with van der Waals surface area (Å²) in [5.41, 5.74) is 4.62. The maximum atomic E-state index is 12.9. The Kier molecular flexibility index (Phi) is 4.45. The zero-order valence-electron chi connectivity index (χ0n) is 16.4. The number of amides is 1. The first-order valence-electron chi connectivity index (χ1n) is 9.54. The van der Waals surface area contributed by atoms with Gasteiger partial charge in [-0.15, -0.1) is 0 Å². The Hall–Kier alpha value is -2.70. The zero-order valence-corrected chi connectivity index (χ0v) is 16.4. The van der Waals surface area contributed by atoms with Crippen LogP contribution < -0.4 is 5.32 Å². The molecule has 1 aliphatic carbocycles. The molecular weight excluding hydrogens is 340 g/mol. The molecule has 3 aromatic rings. The molecule has 4 rings (SSSR count). The van der Waals surface area contributed by atoms with Crippen LogP contribution in [0.5, 0.6) is 0 Å². The van der Waals surface area contributed by atoms with Crippen LogP contribution in [0.15, 0.2) is 18.3 Å². The van der Waals surface area contributed by atoms with Crippen LogP contribution in [0.3, 0.4) is 0 Å². The molecule has 1 fully saturated rings. The second kappa shape index (κ2) is 6.79. The van der Waals surface area contributed by atoms with Crippen LogP contribution in [0, 0.1) is 19.8 Å². The lowest BCUT2D eigenvalue weighted by Gasteiger charge is -2.14. The molecule has 27 heavy (non-hydrogen) atoms. The van der Waals surface area contributed by atoms with E-state index in [-0.39, 0.29) is 11.8 Å². The Morgan fingerprint density at radius 2 is 2.11 bits per heavy atom. The van der Waals surface area contributed by atoms with Crippen molar-refractivity contribution in [1.82, 2.24) is 29.9 Å². The van der Waals surface area contributed by atoms with Crippen LogP contribution in [0.25, 0.3) is 11.0 Å². The number of pyridine rings is 1. The van der Waals surface area contributed by atoms with Crippen molar-refractivity contribution in [2.24, 2.45) is 13.0 Å². The molecule has 0 unspecified atom stereocenters. The van der Waals surface area contributed by atoms with Gasteiger partial charge in [0.25, 0.3) is 5.91 Å². The van der Waals surface area contributed by atoms with Gasteiger partial charge in [0.2, 0.25) is 0 Å². The maximum absolute atomic E-state index is 12.9. The SMILES string of the molecule is Cc1cc(C)n(C[C@H](C)CNC(=O)c2cc(C3CC3)nc3c2cnn3C)n1. The molecule has 7 heteroatoms. The van der Waals surface area contributed by atoms with Crippen molar-refractivity contribution in [3.8, 4) is 0 Å². The van der Waals surface area contributed by atoms with Gasteiger partial charge in [-0.2, -0.15) is 10.2 Å². The smallest absolute Gasteiger partial charge is 0.252 e. The quantitative estimate of drug-likeness (QED) is 0.728. The fraction of sp³-hybridized carbons (Fsp3) is 0.500. The number of carbonyl (C=O) groups excluding carboxylic acids is 1. The molecule has 1 amide bonds. The van der Waals surface area contributed by atoms with Crippen LogP contribution in [0.2, 0.25) is 0 Å². The lowest BCUT2D eigenvalue weighted by atomic mass is 10.1. The number of hydrogen-bond donors (Lipinski definition) is 1. The van der Waals surface area contributed by atoms with Crippen molar-refractivity contribution < 1.29 is 4.79 Å². The van der Waals surface area contributed by atoms with Crippen LogP contribution in [0.1, 0.15) is 53.1 Å². The van der Waals surface area contributed by atoms with E-state index in [1.54, 1.807) is 10.9 Å².